The Morgan fingerprint density at radius 3 is 2.57 bits per heavy atom. The van der Waals surface area contributed by atoms with Gasteiger partial charge >= 0.3 is 0 Å². The predicted octanol–water partition coefficient (Wildman–Crippen LogP) is 2.19. The number of pyridine rings is 1. The maximum absolute atomic E-state index is 12.1. The van der Waals surface area contributed by atoms with Gasteiger partial charge in [-0.3, -0.25) is 4.98 Å². The number of halogens is 2. The first-order chi connectivity index (χ1) is 6.63. The lowest BCUT2D eigenvalue weighted by Gasteiger charge is -2.07. The molecule has 1 aromatic heterocycles. The Kier molecular flexibility index (Phi) is 3.95. The molecule has 0 saturated heterocycles. The average molecular weight is 201 g/mol. The van der Waals surface area contributed by atoms with E-state index in [2.05, 4.69) is 4.98 Å². The molecule has 0 amide bonds. The van der Waals surface area contributed by atoms with Gasteiger partial charge in [-0.05, 0) is 24.0 Å². The van der Waals surface area contributed by atoms with Gasteiger partial charge in [0.05, 0.1) is 0 Å². The molecule has 1 aromatic rings. The summed E-state index contributed by atoms with van der Waals surface area (Å²) < 4.78 is 24.2. The van der Waals surface area contributed by atoms with Gasteiger partial charge < -0.3 is 5.11 Å². The number of hydrogen-bond acceptors (Lipinski definition) is 2. The van der Waals surface area contributed by atoms with Gasteiger partial charge in [-0.2, -0.15) is 0 Å². The summed E-state index contributed by atoms with van der Waals surface area (Å²) in [6.45, 7) is 1.98. The molecule has 0 radical (unpaired) electrons. The van der Waals surface area contributed by atoms with Crippen molar-refractivity contribution in [1.29, 1.82) is 0 Å². The second-order valence-electron chi connectivity index (χ2n) is 3.38. The number of aliphatic hydroxyl groups excluding tert-OH is 1. The molecule has 1 N–H and O–H groups in total. The van der Waals surface area contributed by atoms with Crippen molar-refractivity contribution in [2.45, 2.75) is 19.8 Å². The quantitative estimate of drug-likeness (QED) is 0.810. The van der Waals surface area contributed by atoms with Crippen LogP contribution in [0.2, 0.25) is 0 Å². The number of nitrogens with zero attached hydrogens (tertiary/aromatic N) is 1. The summed E-state index contributed by atoms with van der Waals surface area (Å²) in [5, 5.41) is 8.80. The van der Waals surface area contributed by atoms with Crippen LogP contribution >= 0.6 is 0 Å². The van der Waals surface area contributed by atoms with Crippen molar-refractivity contribution in [2.24, 2.45) is 5.92 Å². The van der Waals surface area contributed by atoms with Gasteiger partial charge in [0.1, 0.15) is 5.69 Å². The molecular formula is C10H13F2NO. The van der Waals surface area contributed by atoms with Gasteiger partial charge in [-0.25, -0.2) is 8.78 Å². The molecule has 0 bridgehead atoms. The number of aromatic nitrogens is 1. The van der Waals surface area contributed by atoms with Crippen LogP contribution in [0, 0.1) is 5.92 Å². The van der Waals surface area contributed by atoms with Crippen LogP contribution in [-0.4, -0.2) is 16.7 Å². The standard InChI is InChI=1S/C10H13F2NO/c1-7(6-14)4-8-2-3-9(10(11)12)13-5-8/h2-3,5,7,10,14H,4,6H2,1H3/t7-/m0/s1. The minimum absolute atomic E-state index is 0.0938. The molecule has 0 saturated carbocycles. The first-order valence-electron chi connectivity index (χ1n) is 4.47. The largest absolute Gasteiger partial charge is 0.396 e. The number of aliphatic hydroxyl groups is 1. The molecule has 0 aliphatic carbocycles. The second-order valence-corrected chi connectivity index (χ2v) is 3.38. The lowest BCUT2D eigenvalue weighted by molar-refractivity contribution is 0.146. The summed E-state index contributed by atoms with van der Waals surface area (Å²) in [5.41, 5.74) is 0.668. The highest BCUT2D eigenvalue weighted by Crippen LogP contribution is 2.16. The molecule has 4 heteroatoms. The van der Waals surface area contributed by atoms with Crippen molar-refractivity contribution in [1.82, 2.24) is 4.98 Å². The van der Waals surface area contributed by atoms with Crippen molar-refractivity contribution >= 4 is 0 Å². The van der Waals surface area contributed by atoms with Crippen LogP contribution in [-0.2, 0) is 6.42 Å². The first kappa shape index (κ1) is 11.0. The van der Waals surface area contributed by atoms with E-state index in [4.69, 9.17) is 5.11 Å². The van der Waals surface area contributed by atoms with Crippen molar-refractivity contribution in [3.05, 3.63) is 29.6 Å². The van der Waals surface area contributed by atoms with Crippen LogP contribution < -0.4 is 0 Å². The van der Waals surface area contributed by atoms with Crippen molar-refractivity contribution in [2.75, 3.05) is 6.61 Å². The third-order valence-corrected chi connectivity index (χ3v) is 1.97. The molecule has 0 aromatic carbocycles. The predicted molar refractivity (Wildman–Crippen MR) is 49.1 cm³/mol. The molecule has 1 heterocycles. The fraction of sp³-hybridized carbons (Fsp3) is 0.500. The summed E-state index contributed by atoms with van der Waals surface area (Å²) >= 11 is 0. The second kappa shape index (κ2) is 5.00. The molecule has 1 atom stereocenters. The first-order valence-corrected chi connectivity index (χ1v) is 4.47. The van der Waals surface area contributed by atoms with Crippen LogP contribution in [0.3, 0.4) is 0 Å². The summed E-state index contributed by atoms with van der Waals surface area (Å²) in [6, 6.07) is 2.95. The lowest BCUT2D eigenvalue weighted by Crippen LogP contribution is -2.05. The Bertz CT molecular complexity index is 274. The summed E-state index contributed by atoms with van der Waals surface area (Å²) in [4.78, 5) is 3.63. The van der Waals surface area contributed by atoms with Crippen LogP contribution in [0.4, 0.5) is 8.78 Å². The van der Waals surface area contributed by atoms with Crippen LogP contribution in [0.5, 0.6) is 0 Å². The zero-order valence-corrected chi connectivity index (χ0v) is 7.95. The van der Waals surface area contributed by atoms with Gasteiger partial charge in [-0.15, -0.1) is 0 Å². The minimum atomic E-state index is -2.51. The van der Waals surface area contributed by atoms with Crippen molar-refractivity contribution < 1.29 is 13.9 Å². The van der Waals surface area contributed by atoms with E-state index >= 15 is 0 Å². The van der Waals surface area contributed by atoms with E-state index < -0.39 is 6.43 Å². The monoisotopic (exact) mass is 201 g/mol. The number of hydrogen-bond donors (Lipinski definition) is 1. The SMILES string of the molecule is C[C@H](CO)Cc1ccc(C(F)F)nc1. The van der Waals surface area contributed by atoms with Crippen molar-refractivity contribution in [3.8, 4) is 0 Å². The van der Waals surface area contributed by atoms with Gasteiger partial charge in [0, 0.05) is 12.8 Å². The number of rotatable bonds is 4. The van der Waals surface area contributed by atoms with Gasteiger partial charge in [0.2, 0.25) is 0 Å². The Morgan fingerprint density at radius 2 is 2.14 bits per heavy atom. The summed E-state index contributed by atoms with van der Waals surface area (Å²) in [6.07, 6.45) is -0.417. The smallest absolute Gasteiger partial charge is 0.280 e. The van der Waals surface area contributed by atoms with E-state index in [1.165, 1.54) is 12.3 Å². The topological polar surface area (TPSA) is 33.1 Å². The zero-order valence-electron chi connectivity index (χ0n) is 7.95. The lowest BCUT2D eigenvalue weighted by atomic mass is 10.0. The Hall–Kier alpha value is -1.03. The maximum atomic E-state index is 12.1. The summed E-state index contributed by atoms with van der Waals surface area (Å²) in [7, 11) is 0. The highest BCUT2D eigenvalue weighted by molar-refractivity contribution is 5.15. The third-order valence-electron chi connectivity index (χ3n) is 1.97. The Labute approximate surface area is 81.6 Å². The molecule has 14 heavy (non-hydrogen) atoms. The average Bonchev–Trinajstić information content (AvgIpc) is 2.18. The van der Waals surface area contributed by atoms with Crippen LogP contribution in [0.25, 0.3) is 0 Å². The number of alkyl halides is 2. The molecule has 2 nitrogen and oxygen atoms in total. The molecule has 78 valence electrons. The Balaban J connectivity index is 2.64. The van der Waals surface area contributed by atoms with Crippen LogP contribution in [0.1, 0.15) is 24.6 Å². The van der Waals surface area contributed by atoms with Gasteiger partial charge in [-0.1, -0.05) is 13.0 Å². The molecule has 0 aliphatic rings. The van der Waals surface area contributed by atoms with E-state index in [0.29, 0.717) is 6.42 Å². The minimum Gasteiger partial charge on any atom is -0.396 e. The fourth-order valence-electron chi connectivity index (χ4n) is 1.15. The zero-order chi connectivity index (χ0) is 10.6. The van der Waals surface area contributed by atoms with E-state index in [9.17, 15) is 8.78 Å². The highest BCUT2D eigenvalue weighted by atomic mass is 19.3. The normalized spacial score (nSPS) is 13.2. The summed E-state index contributed by atoms with van der Waals surface area (Å²) in [5.74, 6) is 0.134. The van der Waals surface area contributed by atoms with E-state index in [1.807, 2.05) is 6.92 Å². The Morgan fingerprint density at radius 1 is 1.43 bits per heavy atom. The molecule has 0 fully saturated rings. The van der Waals surface area contributed by atoms with Gasteiger partial charge in [0.15, 0.2) is 0 Å². The molecule has 0 unspecified atom stereocenters. The molecule has 0 aliphatic heterocycles. The fourth-order valence-corrected chi connectivity index (χ4v) is 1.15. The molecule has 0 spiro atoms. The van der Waals surface area contributed by atoms with E-state index in [1.54, 1.807) is 6.07 Å². The van der Waals surface area contributed by atoms with Gasteiger partial charge in [0.25, 0.3) is 6.43 Å². The maximum Gasteiger partial charge on any atom is 0.280 e. The van der Waals surface area contributed by atoms with Crippen LogP contribution in [0.15, 0.2) is 18.3 Å². The third kappa shape index (κ3) is 3.03. The molecule has 1 rings (SSSR count). The van der Waals surface area contributed by atoms with Crippen molar-refractivity contribution in [3.63, 3.8) is 0 Å². The van der Waals surface area contributed by atoms with E-state index in [-0.39, 0.29) is 18.2 Å². The molecular weight excluding hydrogens is 188 g/mol. The van der Waals surface area contributed by atoms with E-state index in [0.717, 1.165) is 5.56 Å². The highest BCUT2D eigenvalue weighted by Gasteiger charge is 2.08.